The summed E-state index contributed by atoms with van der Waals surface area (Å²) in [4.78, 5) is 24.7. The fourth-order valence-electron chi connectivity index (χ4n) is 3.75. The molecule has 1 fully saturated rings. The van der Waals surface area contributed by atoms with Crippen molar-refractivity contribution in [1.82, 2.24) is 14.9 Å². The zero-order valence-corrected chi connectivity index (χ0v) is 19.6. The molecule has 1 aliphatic heterocycles. The van der Waals surface area contributed by atoms with E-state index in [-0.39, 0.29) is 42.3 Å². The third-order valence-electron chi connectivity index (χ3n) is 5.60. The van der Waals surface area contributed by atoms with Gasteiger partial charge < -0.3 is 15.4 Å². The molecule has 1 heterocycles. The van der Waals surface area contributed by atoms with Crippen LogP contribution >= 0.6 is 0 Å². The van der Waals surface area contributed by atoms with Gasteiger partial charge in [-0.1, -0.05) is 30.3 Å². The molecule has 9 heteroatoms. The number of ether oxygens (including phenoxy) is 1. The molecule has 8 nitrogen and oxygen atoms in total. The lowest BCUT2D eigenvalue weighted by Gasteiger charge is -2.30. The molecular weight excluding hydrogens is 442 g/mol. The minimum Gasteiger partial charge on any atom is -0.494 e. The van der Waals surface area contributed by atoms with E-state index in [0.29, 0.717) is 31.7 Å². The number of piperidine rings is 1. The molecule has 2 amide bonds. The Morgan fingerprint density at radius 1 is 1.00 bits per heavy atom. The summed E-state index contributed by atoms with van der Waals surface area (Å²) >= 11 is 0. The number of benzene rings is 2. The first-order valence-corrected chi connectivity index (χ1v) is 12.7. The normalized spacial score (nSPS) is 15.1. The van der Waals surface area contributed by atoms with Crippen LogP contribution in [0.5, 0.6) is 5.75 Å². The summed E-state index contributed by atoms with van der Waals surface area (Å²) in [6.07, 6.45) is 1.55. The van der Waals surface area contributed by atoms with Gasteiger partial charge in [-0.3, -0.25) is 9.59 Å². The SMILES string of the molecule is CCOc1ccc(S(=O)(=O)N2CCC(C(=O)NCC(=O)NCCc3ccccc3)CC2)cc1. The molecule has 1 aliphatic rings. The molecule has 1 saturated heterocycles. The Morgan fingerprint density at radius 3 is 2.30 bits per heavy atom. The molecule has 0 aromatic heterocycles. The van der Waals surface area contributed by atoms with E-state index in [1.807, 2.05) is 37.3 Å². The highest BCUT2D eigenvalue weighted by Gasteiger charge is 2.32. The van der Waals surface area contributed by atoms with Crippen molar-refractivity contribution in [3.8, 4) is 5.75 Å². The molecule has 2 aromatic rings. The van der Waals surface area contributed by atoms with Gasteiger partial charge in [-0.25, -0.2) is 8.42 Å². The molecule has 0 bridgehead atoms. The Hall–Kier alpha value is -2.91. The van der Waals surface area contributed by atoms with Gasteiger partial charge in [0.05, 0.1) is 18.0 Å². The molecule has 178 valence electrons. The number of rotatable bonds is 10. The summed E-state index contributed by atoms with van der Waals surface area (Å²) < 4.78 is 32.5. The lowest BCUT2D eigenvalue weighted by molar-refractivity contribution is -0.129. The lowest BCUT2D eigenvalue weighted by Crippen LogP contribution is -2.45. The molecule has 3 rings (SSSR count). The van der Waals surface area contributed by atoms with E-state index >= 15 is 0 Å². The maximum absolute atomic E-state index is 12.9. The first-order chi connectivity index (χ1) is 15.9. The van der Waals surface area contributed by atoms with Crippen molar-refractivity contribution >= 4 is 21.8 Å². The van der Waals surface area contributed by atoms with E-state index in [4.69, 9.17) is 4.74 Å². The topological polar surface area (TPSA) is 105 Å². The molecular formula is C24H31N3O5S. The monoisotopic (exact) mass is 473 g/mol. The second-order valence-corrected chi connectivity index (χ2v) is 9.82. The third kappa shape index (κ3) is 7.03. The molecule has 33 heavy (non-hydrogen) atoms. The van der Waals surface area contributed by atoms with Crippen molar-refractivity contribution in [2.45, 2.75) is 31.1 Å². The lowest BCUT2D eigenvalue weighted by atomic mass is 9.97. The van der Waals surface area contributed by atoms with Crippen LogP contribution in [-0.4, -0.2) is 57.3 Å². The predicted molar refractivity (Wildman–Crippen MR) is 125 cm³/mol. The van der Waals surface area contributed by atoms with Gasteiger partial charge in [0, 0.05) is 25.6 Å². The van der Waals surface area contributed by atoms with Gasteiger partial charge in [0.15, 0.2) is 0 Å². The number of hydrogen-bond donors (Lipinski definition) is 2. The number of carbonyl (C=O) groups is 2. The standard InChI is InChI=1S/C24H31N3O5S/c1-2-32-21-8-10-22(11-9-21)33(30,31)27-16-13-20(14-17-27)24(29)26-18-23(28)25-15-12-19-6-4-3-5-7-19/h3-11,20H,2,12-18H2,1H3,(H,25,28)(H,26,29). The fourth-order valence-corrected chi connectivity index (χ4v) is 5.22. The van der Waals surface area contributed by atoms with E-state index < -0.39 is 10.0 Å². The molecule has 0 spiro atoms. The Morgan fingerprint density at radius 2 is 1.67 bits per heavy atom. The van der Waals surface area contributed by atoms with Crippen LogP contribution in [0.3, 0.4) is 0 Å². The molecule has 0 radical (unpaired) electrons. The summed E-state index contributed by atoms with van der Waals surface area (Å²) in [7, 11) is -3.62. The van der Waals surface area contributed by atoms with Gasteiger partial charge in [0.1, 0.15) is 5.75 Å². The molecule has 0 aliphatic carbocycles. The molecule has 2 aromatic carbocycles. The van der Waals surface area contributed by atoms with Gasteiger partial charge in [-0.15, -0.1) is 0 Å². The smallest absolute Gasteiger partial charge is 0.243 e. The van der Waals surface area contributed by atoms with Crippen LogP contribution in [0.15, 0.2) is 59.5 Å². The molecule has 0 unspecified atom stereocenters. The first-order valence-electron chi connectivity index (χ1n) is 11.2. The Kier molecular flexibility index (Phi) is 8.85. The number of nitrogens with one attached hydrogen (secondary N) is 2. The maximum atomic E-state index is 12.9. The number of amides is 2. The second-order valence-electron chi connectivity index (χ2n) is 7.89. The minimum absolute atomic E-state index is 0.0850. The van der Waals surface area contributed by atoms with Crippen molar-refractivity contribution in [3.63, 3.8) is 0 Å². The number of sulfonamides is 1. The van der Waals surface area contributed by atoms with Crippen LogP contribution < -0.4 is 15.4 Å². The van der Waals surface area contributed by atoms with Crippen LogP contribution in [0.2, 0.25) is 0 Å². The summed E-state index contributed by atoms with van der Waals surface area (Å²) in [5.41, 5.74) is 1.13. The summed E-state index contributed by atoms with van der Waals surface area (Å²) in [6.45, 7) is 3.31. The van der Waals surface area contributed by atoms with Crippen molar-refractivity contribution in [3.05, 3.63) is 60.2 Å². The van der Waals surface area contributed by atoms with Gasteiger partial charge in [-0.2, -0.15) is 4.31 Å². The van der Waals surface area contributed by atoms with Crippen LogP contribution in [0.1, 0.15) is 25.3 Å². The van der Waals surface area contributed by atoms with Crippen LogP contribution in [0.4, 0.5) is 0 Å². The zero-order valence-electron chi connectivity index (χ0n) is 18.8. The second kappa shape index (κ2) is 11.8. The van der Waals surface area contributed by atoms with Crippen LogP contribution in [-0.2, 0) is 26.0 Å². The van der Waals surface area contributed by atoms with Crippen molar-refractivity contribution < 1.29 is 22.7 Å². The molecule has 0 saturated carbocycles. The average Bonchev–Trinajstić information content (AvgIpc) is 2.84. The summed E-state index contributed by atoms with van der Waals surface area (Å²) in [5, 5.41) is 5.47. The van der Waals surface area contributed by atoms with E-state index in [1.165, 1.54) is 16.4 Å². The van der Waals surface area contributed by atoms with E-state index in [2.05, 4.69) is 10.6 Å². The predicted octanol–water partition coefficient (Wildman–Crippen LogP) is 1.96. The summed E-state index contributed by atoms with van der Waals surface area (Å²) in [6, 6.07) is 16.2. The highest BCUT2D eigenvalue weighted by molar-refractivity contribution is 7.89. The number of hydrogen-bond acceptors (Lipinski definition) is 5. The Labute approximate surface area is 195 Å². The average molecular weight is 474 g/mol. The van der Waals surface area contributed by atoms with E-state index in [0.717, 1.165) is 12.0 Å². The highest BCUT2D eigenvalue weighted by atomic mass is 32.2. The van der Waals surface area contributed by atoms with Crippen molar-refractivity contribution in [2.75, 3.05) is 32.8 Å². The van der Waals surface area contributed by atoms with Crippen LogP contribution in [0, 0.1) is 5.92 Å². The zero-order chi connectivity index (χ0) is 23.7. The van der Waals surface area contributed by atoms with Gasteiger partial charge in [-0.05, 0) is 56.0 Å². The quantitative estimate of drug-likeness (QED) is 0.549. The van der Waals surface area contributed by atoms with Gasteiger partial charge in [0.2, 0.25) is 21.8 Å². The number of nitrogens with zero attached hydrogens (tertiary/aromatic N) is 1. The van der Waals surface area contributed by atoms with Crippen LogP contribution in [0.25, 0.3) is 0 Å². The Bertz CT molecular complexity index is 1020. The summed E-state index contributed by atoms with van der Waals surface area (Å²) in [5.74, 6) is -0.147. The fraction of sp³-hybridized carbons (Fsp3) is 0.417. The van der Waals surface area contributed by atoms with Gasteiger partial charge >= 0.3 is 0 Å². The molecule has 0 atom stereocenters. The highest BCUT2D eigenvalue weighted by Crippen LogP contribution is 2.25. The van der Waals surface area contributed by atoms with E-state index in [1.54, 1.807) is 12.1 Å². The van der Waals surface area contributed by atoms with E-state index in [9.17, 15) is 18.0 Å². The van der Waals surface area contributed by atoms with Crippen molar-refractivity contribution in [1.29, 1.82) is 0 Å². The number of carbonyl (C=O) groups excluding carboxylic acids is 2. The Balaban J connectivity index is 1.40. The largest absolute Gasteiger partial charge is 0.494 e. The van der Waals surface area contributed by atoms with Gasteiger partial charge in [0.25, 0.3) is 0 Å². The van der Waals surface area contributed by atoms with Crippen molar-refractivity contribution in [2.24, 2.45) is 5.92 Å². The minimum atomic E-state index is -3.62. The molecule has 2 N–H and O–H groups in total. The first kappa shape index (κ1) is 24.7. The third-order valence-corrected chi connectivity index (χ3v) is 7.51. The maximum Gasteiger partial charge on any atom is 0.243 e.